The molecule has 0 fully saturated rings. The maximum atomic E-state index is 5.07. The van der Waals surface area contributed by atoms with Crippen molar-refractivity contribution >= 4 is 43.1 Å². The first-order chi connectivity index (χ1) is 22.7. The van der Waals surface area contributed by atoms with Gasteiger partial charge in [0.25, 0.3) is 0 Å². The van der Waals surface area contributed by atoms with E-state index in [4.69, 9.17) is 15.0 Å². The lowest BCUT2D eigenvalue weighted by atomic mass is 9.98. The van der Waals surface area contributed by atoms with Crippen molar-refractivity contribution < 1.29 is 0 Å². The standard InChI is InChI=1S/C43H27N3/c1-2-9-30(10-3-1)41-44-42(46-43(45-41)38-21-19-36-23-32-12-6-7-13-33(32)24-40(36)27-38)37-20-16-29-15-18-35(25-39(29)26-37)34-17-14-28-8-4-5-11-31(28)22-34/h1-27H. The van der Waals surface area contributed by atoms with Crippen LogP contribution >= 0.6 is 0 Å². The van der Waals surface area contributed by atoms with E-state index in [9.17, 15) is 0 Å². The van der Waals surface area contributed by atoms with Gasteiger partial charge in [-0.05, 0) is 90.6 Å². The van der Waals surface area contributed by atoms with Crippen LogP contribution < -0.4 is 0 Å². The fourth-order valence-electron chi connectivity index (χ4n) is 6.36. The summed E-state index contributed by atoms with van der Waals surface area (Å²) in [5, 5.41) is 9.60. The molecule has 0 aliphatic heterocycles. The second-order valence-corrected chi connectivity index (χ2v) is 11.8. The first kappa shape index (κ1) is 26.2. The molecule has 0 amide bonds. The molecular weight excluding hydrogens is 558 g/mol. The number of rotatable bonds is 4. The van der Waals surface area contributed by atoms with Gasteiger partial charge in [-0.3, -0.25) is 0 Å². The van der Waals surface area contributed by atoms with Gasteiger partial charge in [-0.15, -0.1) is 0 Å². The molecule has 0 unspecified atom stereocenters. The molecule has 1 aromatic heterocycles. The van der Waals surface area contributed by atoms with Crippen molar-refractivity contribution in [2.45, 2.75) is 0 Å². The van der Waals surface area contributed by atoms with Crippen LogP contribution in [0.25, 0.3) is 88.4 Å². The Morgan fingerprint density at radius 1 is 0.217 bits per heavy atom. The Hall–Kier alpha value is -6.19. The number of benzene rings is 8. The number of hydrogen-bond donors (Lipinski definition) is 0. The molecule has 0 atom stereocenters. The van der Waals surface area contributed by atoms with Crippen LogP contribution in [-0.4, -0.2) is 15.0 Å². The molecule has 9 rings (SSSR count). The molecule has 0 radical (unpaired) electrons. The Morgan fingerprint density at radius 3 is 1.17 bits per heavy atom. The van der Waals surface area contributed by atoms with E-state index in [2.05, 4.69) is 133 Å². The van der Waals surface area contributed by atoms with Gasteiger partial charge < -0.3 is 0 Å². The molecule has 214 valence electrons. The van der Waals surface area contributed by atoms with Crippen molar-refractivity contribution in [3.63, 3.8) is 0 Å². The first-order valence-corrected chi connectivity index (χ1v) is 15.5. The Morgan fingerprint density at radius 2 is 0.565 bits per heavy atom. The average Bonchev–Trinajstić information content (AvgIpc) is 3.13. The van der Waals surface area contributed by atoms with Crippen LogP contribution in [-0.2, 0) is 0 Å². The van der Waals surface area contributed by atoms with Crippen LogP contribution in [0.1, 0.15) is 0 Å². The number of hydrogen-bond acceptors (Lipinski definition) is 3. The van der Waals surface area contributed by atoms with Gasteiger partial charge in [-0.25, -0.2) is 15.0 Å². The smallest absolute Gasteiger partial charge is 0.164 e. The summed E-state index contributed by atoms with van der Waals surface area (Å²) < 4.78 is 0. The van der Waals surface area contributed by atoms with Crippen LogP contribution in [0.3, 0.4) is 0 Å². The van der Waals surface area contributed by atoms with Gasteiger partial charge in [0.2, 0.25) is 0 Å². The highest BCUT2D eigenvalue weighted by atomic mass is 15.0. The van der Waals surface area contributed by atoms with E-state index in [1.54, 1.807) is 0 Å². The van der Waals surface area contributed by atoms with Crippen LogP contribution in [0.2, 0.25) is 0 Å². The van der Waals surface area contributed by atoms with Crippen LogP contribution in [0.4, 0.5) is 0 Å². The van der Waals surface area contributed by atoms with Gasteiger partial charge in [0.1, 0.15) is 0 Å². The zero-order valence-corrected chi connectivity index (χ0v) is 24.9. The fraction of sp³-hybridized carbons (Fsp3) is 0. The molecule has 3 heteroatoms. The summed E-state index contributed by atoms with van der Waals surface area (Å²) in [6, 6.07) is 57.8. The van der Waals surface area contributed by atoms with Crippen molar-refractivity contribution in [1.82, 2.24) is 15.0 Å². The molecule has 46 heavy (non-hydrogen) atoms. The molecule has 0 saturated carbocycles. The lowest BCUT2D eigenvalue weighted by molar-refractivity contribution is 1.08. The third-order valence-corrected chi connectivity index (χ3v) is 8.81. The zero-order chi connectivity index (χ0) is 30.5. The average molecular weight is 586 g/mol. The van der Waals surface area contributed by atoms with E-state index in [0.717, 1.165) is 27.5 Å². The summed E-state index contributed by atoms with van der Waals surface area (Å²) in [6.07, 6.45) is 0. The maximum absolute atomic E-state index is 5.07. The predicted octanol–water partition coefficient (Wildman–Crippen LogP) is 11.2. The minimum Gasteiger partial charge on any atom is -0.208 e. The van der Waals surface area contributed by atoms with Crippen molar-refractivity contribution in [3.8, 4) is 45.3 Å². The molecule has 1 heterocycles. The molecular formula is C43H27N3. The van der Waals surface area contributed by atoms with E-state index in [0.29, 0.717) is 17.5 Å². The van der Waals surface area contributed by atoms with Gasteiger partial charge in [-0.2, -0.15) is 0 Å². The summed E-state index contributed by atoms with van der Waals surface area (Å²) in [5.74, 6) is 1.97. The van der Waals surface area contributed by atoms with Gasteiger partial charge >= 0.3 is 0 Å². The normalized spacial score (nSPS) is 11.5. The minimum absolute atomic E-state index is 0.653. The van der Waals surface area contributed by atoms with Gasteiger partial charge in [0.05, 0.1) is 0 Å². The summed E-state index contributed by atoms with van der Waals surface area (Å²) in [4.78, 5) is 15.1. The third kappa shape index (κ3) is 4.75. The van der Waals surface area contributed by atoms with Gasteiger partial charge in [-0.1, -0.05) is 127 Å². The Kier molecular flexibility index (Phi) is 6.14. The number of nitrogens with zero attached hydrogens (tertiary/aromatic N) is 3. The predicted molar refractivity (Wildman–Crippen MR) is 192 cm³/mol. The summed E-state index contributed by atoms with van der Waals surface area (Å²) in [7, 11) is 0. The Balaban J connectivity index is 1.18. The summed E-state index contributed by atoms with van der Waals surface area (Å²) in [6.45, 7) is 0. The molecule has 0 spiro atoms. The summed E-state index contributed by atoms with van der Waals surface area (Å²) in [5.41, 5.74) is 5.25. The topological polar surface area (TPSA) is 38.7 Å². The van der Waals surface area contributed by atoms with E-state index in [1.807, 2.05) is 30.3 Å². The van der Waals surface area contributed by atoms with Crippen molar-refractivity contribution in [1.29, 1.82) is 0 Å². The number of fused-ring (bicyclic) bond motifs is 4. The maximum Gasteiger partial charge on any atom is 0.164 e. The zero-order valence-electron chi connectivity index (χ0n) is 24.9. The largest absolute Gasteiger partial charge is 0.208 e. The molecule has 3 nitrogen and oxygen atoms in total. The minimum atomic E-state index is 0.653. The lowest BCUT2D eigenvalue weighted by Crippen LogP contribution is -2.00. The molecule has 0 saturated heterocycles. The summed E-state index contributed by atoms with van der Waals surface area (Å²) >= 11 is 0. The highest BCUT2D eigenvalue weighted by molar-refractivity contribution is 5.99. The molecule has 0 aliphatic carbocycles. The highest BCUT2D eigenvalue weighted by Crippen LogP contribution is 2.32. The van der Waals surface area contributed by atoms with Crippen LogP contribution in [0.15, 0.2) is 164 Å². The van der Waals surface area contributed by atoms with Crippen molar-refractivity contribution in [3.05, 3.63) is 164 Å². The second-order valence-electron chi connectivity index (χ2n) is 11.8. The molecule has 0 N–H and O–H groups in total. The Bertz CT molecular complexity index is 2590. The van der Waals surface area contributed by atoms with Crippen LogP contribution in [0.5, 0.6) is 0 Å². The third-order valence-electron chi connectivity index (χ3n) is 8.81. The first-order valence-electron chi connectivity index (χ1n) is 15.5. The molecule has 0 aliphatic rings. The van der Waals surface area contributed by atoms with Crippen molar-refractivity contribution in [2.24, 2.45) is 0 Å². The van der Waals surface area contributed by atoms with E-state index < -0.39 is 0 Å². The van der Waals surface area contributed by atoms with Gasteiger partial charge in [0, 0.05) is 16.7 Å². The van der Waals surface area contributed by atoms with Crippen LogP contribution in [0, 0.1) is 0 Å². The molecule has 9 aromatic rings. The van der Waals surface area contributed by atoms with E-state index in [-0.39, 0.29) is 0 Å². The molecule has 8 aromatic carbocycles. The SMILES string of the molecule is c1ccc(-c2nc(-c3ccc4ccc(-c5ccc6ccccc6c5)cc4c3)nc(-c3ccc4cc5ccccc5cc4c3)n2)cc1. The van der Waals surface area contributed by atoms with E-state index >= 15 is 0 Å². The highest BCUT2D eigenvalue weighted by Gasteiger charge is 2.14. The number of aromatic nitrogens is 3. The monoisotopic (exact) mass is 585 g/mol. The second kappa shape index (κ2) is 10.8. The molecule has 0 bridgehead atoms. The quantitative estimate of drug-likeness (QED) is 0.193. The van der Waals surface area contributed by atoms with Crippen molar-refractivity contribution in [2.75, 3.05) is 0 Å². The Labute approximate surface area is 266 Å². The lowest BCUT2D eigenvalue weighted by Gasteiger charge is -2.11. The van der Waals surface area contributed by atoms with E-state index in [1.165, 1.54) is 43.4 Å². The fourth-order valence-corrected chi connectivity index (χ4v) is 6.36. The van der Waals surface area contributed by atoms with Gasteiger partial charge in [0.15, 0.2) is 17.5 Å².